The molecule has 0 bridgehead atoms. The minimum atomic E-state index is -0.901. The molecule has 1 amide bonds. The Bertz CT molecular complexity index is 928. The minimum Gasteiger partial charge on any atom is -0.494 e. The minimum absolute atomic E-state index is 0.0185. The molecule has 1 aromatic carbocycles. The van der Waals surface area contributed by atoms with E-state index in [1.165, 1.54) is 0 Å². The summed E-state index contributed by atoms with van der Waals surface area (Å²) in [4.78, 5) is 49.3. The standard InChI is InChI=1S/C24H30N4O5/c1-3-17-32-20-7-5-19(6-8-20)21(29)9-10-22(30)33-18(2)23(31)27-13-15-28(16-14-27)24-25-11-4-12-26-24/h4-8,11-12,18H,3,9-10,13-17H2,1-2H3. The monoisotopic (exact) mass is 454 g/mol. The van der Waals surface area contributed by atoms with Crippen molar-refractivity contribution in [2.45, 2.75) is 39.2 Å². The molecule has 0 aliphatic carbocycles. The Kier molecular flexibility index (Phi) is 8.74. The van der Waals surface area contributed by atoms with Crippen LogP contribution in [0.2, 0.25) is 0 Å². The van der Waals surface area contributed by atoms with Gasteiger partial charge in [-0.25, -0.2) is 9.97 Å². The molecule has 0 saturated carbocycles. The van der Waals surface area contributed by atoms with Gasteiger partial charge in [-0.05, 0) is 43.7 Å². The Morgan fingerprint density at radius 3 is 2.30 bits per heavy atom. The average Bonchev–Trinajstić information content (AvgIpc) is 2.86. The zero-order valence-corrected chi connectivity index (χ0v) is 19.1. The van der Waals surface area contributed by atoms with Crippen LogP contribution in [-0.2, 0) is 14.3 Å². The maximum atomic E-state index is 12.7. The molecule has 2 heterocycles. The second kappa shape index (κ2) is 11.9. The molecule has 1 atom stereocenters. The molecule has 1 aliphatic heterocycles. The Morgan fingerprint density at radius 1 is 1.00 bits per heavy atom. The first-order valence-corrected chi connectivity index (χ1v) is 11.2. The highest BCUT2D eigenvalue weighted by Crippen LogP contribution is 2.15. The highest BCUT2D eigenvalue weighted by Gasteiger charge is 2.28. The van der Waals surface area contributed by atoms with Gasteiger partial charge in [0.2, 0.25) is 5.95 Å². The molecule has 33 heavy (non-hydrogen) atoms. The molecule has 1 fully saturated rings. The molecule has 1 unspecified atom stereocenters. The first-order chi connectivity index (χ1) is 16.0. The van der Waals surface area contributed by atoms with Gasteiger partial charge in [0, 0.05) is 50.6 Å². The first kappa shape index (κ1) is 24.2. The number of ketones is 1. The number of Topliss-reactive ketones (excluding diaryl/α,β-unsaturated/α-hetero) is 1. The quantitative estimate of drug-likeness (QED) is 0.399. The van der Waals surface area contributed by atoms with Crippen molar-refractivity contribution in [2.24, 2.45) is 0 Å². The summed E-state index contributed by atoms with van der Waals surface area (Å²) in [5, 5.41) is 0. The second-order valence-corrected chi connectivity index (χ2v) is 7.79. The number of hydrogen-bond donors (Lipinski definition) is 0. The van der Waals surface area contributed by atoms with Gasteiger partial charge in [0.1, 0.15) is 5.75 Å². The molecule has 2 aromatic rings. The number of piperazine rings is 1. The van der Waals surface area contributed by atoms with Crippen molar-refractivity contribution >= 4 is 23.6 Å². The lowest BCUT2D eigenvalue weighted by atomic mass is 10.1. The third kappa shape index (κ3) is 7.00. The van der Waals surface area contributed by atoms with Crippen LogP contribution in [0.1, 0.15) is 43.5 Å². The van der Waals surface area contributed by atoms with Gasteiger partial charge in [-0.3, -0.25) is 14.4 Å². The number of amides is 1. The molecule has 0 N–H and O–H groups in total. The zero-order chi connectivity index (χ0) is 23.6. The van der Waals surface area contributed by atoms with Gasteiger partial charge in [0.25, 0.3) is 5.91 Å². The third-order valence-electron chi connectivity index (χ3n) is 5.29. The number of carbonyl (C=O) groups is 3. The van der Waals surface area contributed by atoms with E-state index >= 15 is 0 Å². The van der Waals surface area contributed by atoms with E-state index in [0.717, 1.165) is 6.42 Å². The maximum Gasteiger partial charge on any atom is 0.307 e. The van der Waals surface area contributed by atoms with Gasteiger partial charge in [0.15, 0.2) is 11.9 Å². The Morgan fingerprint density at radius 2 is 1.67 bits per heavy atom. The van der Waals surface area contributed by atoms with Crippen molar-refractivity contribution in [1.29, 1.82) is 0 Å². The number of carbonyl (C=O) groups excluding carboxylic acids is 3. The van der Waals surface area contributed by atoms with Crippen LogP contribution in [0.3, 0.4) is 0 Å². The molecule has 3 rings (SSSR count). The average molecular weight is 455 g/mol. The van der Waals surface area contributed by atoms with Crippen molar-refractivity contribution in [2.75, 3.05) is 37.7 Å². The number of aromatic nitrogens is 2. The molecule has 0 radical (unpaired) electrons. The van der Waals surface area contributed by atoms with Crippen molar-refractivity contribution in [3.63, 3.8) is 0 Å². The zero-order valence-electron chi connectivity index (χ0n) is 19.1. The van der Waals surface area contributed by atoms with Crippen LogP contribution in [0, 0.1) is 0 Å². The predicted octanol–water partition coefficient (Wildman–Crippen LogP) is 2.51. The molecule has 9 heteroatoms. The molecule has 1 saturated heterocycles. The molecule has 1 aromatic heterocycles. The number of nitrogens with zero attached hydrogens (tertiary/aromatic N) is 4. The number of esters is 1. The lowest BCUT2D eigenvalue weighted by molar-refractivity contribution is -0.159. The molecular weight excluding hydrogens is 424 g/mol. The van der Waals surface area contributed by atoms with Crippen molar-refractivity contribution in [3.05, 3.63) is 48.3 Å². The van der Waals surface area contributed by atoms with E-state index in [1.807, 2.05) is 11.8 Å². The molecular formula is C24H30N4O5. The third-order valence-corrected chi connectivity index (χ3v) is 5.29. The summed E-state index contributed by atoms with van der Waals surface area (Å²) in [6, 6.07) is 8.61. The van der Waals surface area contributed by atoms with Crippen LogP contribution in [0.5, 0.6) is 5.75 Å². The van der Waals surface area contributed by atoms with Gasteiger partial charge in [0.05, 0.1) is 13.0 Å². The summed E-state index contributed by atoms with van der Waals surface area (Å²) in [5.41, 5.74) is 0.510. The Labute approximate surface area is 193 Å². The van der Waals surface area contributed by atoms with Gasteiger partial charge in [-0.2, -0.15) is 0 Å². The Balaban J connectivity index is 1.40. The fourth-order valence-corrected chi connectivity index (χ4v) is 3.46. The van der Waals surface area contributed by atoms with E-state index in [1.54, 1.807) is 54.5 Å². The van der Waals surface area contributed by atoms with Crippen LogP contribution in [0.4, 0.5) is 5.95 Å². The molecule has 0 spiro atoms. The van der Waals surface area contributed by atoms with Crippen LogP contribution >= 0.6 is 0 Å². The number of hydrogen-bond acceptors (Lipinski definition) is 8. The van der Waals surface area contributed by atoms with Crippen LogP contribution in [0.25, 0.3) is 0 Å². The molecule has 176 valence electrons. The fourth-order valence-electron chi connectivity index (χ4n) is 3.46. The maximum absolute atomic E-state index is 12.7. The highest BCUT2D eigenvalue weighted by atomic mass is 16.5. The second-order valence-electron chi connectivity index (χ2n) is 7.79. The van der Waals surface area contributed by atoms with E-state index < -0.39 is 12.1 Å². The van der Waals surface area contributed by atoms with E-state index in [9.17, 15) is 14.4 Å². The van der Waals surface area contributed by atoms with Gasteiger partial charge in [-0.15, -0.1) is 0 Å². The van der Waals surface area contributed by atoms with Gasteiger partial charge < -0.3 is 19.3 Å². The van der Waals surface area contributed by atoms with Gasteiger partial charge in [-0.1, -0.05) is 6.92 Å². The van der Waals surface area contributed by atoms with Gasteiger partial charge >= 0.3 is 5.97 Å². The highest BCUT2D eigenvalue weighted by molar-refractivity contribution is 5.97. The van der Waals surface area contributed by atoms with E-state index in [-0.39, 0.29) is 24.5 Å². The molecule has 1 aliphatic rings. The summed E-state index contributed by atoms with van der Waals surface area (Å²) >= 11 is 0. The van der Waals surface area contributed by atoms with E-state index in [2.05, 4.69) is 9.97 Å². The first-order valence-electron chi connectivity index (χ1n) is 11.2. The van der Waals surface area contributed by atoms with Crippen LogP contribution in [-0.4, -0.2) is 71.4 Å². The topological polar surface area (TPSA) is 102 Å². The fraction of sp³-hybridized carbons (Fsp3) is 0.458. The van der Waals surface area contributed by atoms with Crippen LogP contribution in [0.15, 0.2) is 42.7 Å². The SMILES string of the molecule is CCCOc1ccc(C(=O)CCC(=O)OC(C)C(=O)N2CCN(c3ncccn3)CC2)cc1. The smallest absolute Gasteiger partial charge is 0.307 e. The summed E-state index contributed by atoms with van der Waals surface area (Å²) in [7, 11) is 0. The normalized spacial score (nSPS) is 14.5. The predicted molar refractivity (Wildman–Crippen MR) is 122 cm³/mol. The van der Waals surface area contributed by atoms with Crippen molar-refractivity contribution in [1.82, 2.24) is 14.9 Å². The largest absolute Gasteiger partial charge is 0.494 e. The molecule has 9 nitrogen and oxygen atoms in total. The number of anilines is 1. The van der Waals surface area contributed by atoms with Crippen molar-refractivity contribution < 1.29 is 23.9 Å². The Hall–Kier alpha value is -3.49. The van der Waals surface area contributed by atoms with E-state index in [4.69, 9.17) is 9.47 Å². The number of rotatable bonds is 10. The lowest BCUT2D eigenvalue weighted by Crippen LogP contribution is -2.52. The van der Waals surface area contributed by atoms with Crippen molar-refractivity contribution in [3.8, 4) is 5.75 Å². The van der Waals surface area contributed by atoms with Crippen LogP contribution < -0.4 is 9.64 Å². The number of ether oxygens (including phenoxy) is 2. The summed E-state index contributed by atoms with van der Waals surface area (Å²) in [6.07, 6.45) is 3.31. The van der Waals surface area contributed by atoms with E-state index in [0.29, 0.717) is 50.0 Å². The summed E-state index contributed by atoms with van der Waals surface area (Å²) in [6.45, 7) is 6.40. The lowest BCUT2D eigenvalue weighted by Gasteiger charge is -2.35. The summed E-state index contributed by atoms with van der Waals surface area (Å²) < 4.78 is 10.8. The number of benzene rings is 1. The summed E-state index contributed by atoms with van der Waals surface area (Å²) in [5.74, 6) is 0.371.